The number of nitrogens with one attached hydrogen (secondary N) is 1. The number of piperidine rings is 1. The van der Waals surface area contributed by atoms with E-state index in [1.54, 1.807) is 17.0 Å². The van der Waals surface area contributed by atoms with E-state index in [4.69, 9.17) is 0 Å². The maximum Gasteiger partial charge on any atom is 0.253 e. The van der Waals surface area contributed by atoms with Crippen LogP contribution in [0.2, 0.25) is 0 Å². The molecule has 4 nitrogen and oxygen atoms in total. The van der Waals surface area contributed by atoms with Gasteiger partial charge in [-0.2, -0.15) is 0 Å². The number of nitrogens with zero attached hydrogens (tertiary/aromatic N) is 1. The predicted molar refractivity (Wildman–Crippen MR) is 115 cm³/mol. The molecule has 0 atom stereocenters. The molecule has 3 aromatic rings. The van der Waals surface area contributed by atoms with Gasteiger partial charge in [0.25, 0.3) is 11.8 Å². The summed E-state index contributed by atoms with van der Waals surface area (Å²) in [5, 5.41) is 3.07. The van der Waals surface area contributed by atoms with Crippen LogP contribution in [0.3, 0.4) is 0 Å². The minimum Gasteiger partial charge on any atom is -0.349 e. The first-order chi connectivity index (χ1) is 14.6. The number of hydrogen-bond acceptors (Lipinski definition) is 2. The Hall–Kier alpha value is -3.47. The third kappa shape index (κ3) is 4.57. The van der Waals surface area contributed by atoms with Gasteiger partial charge in [0, 0.05) is 30.3 Å². The van der Waals surface area contributed by atoms with E-state index >= 15 is 0 Å². The van der Waals surface area contributed by atoms with Gasteiger partial charge in [-0.05, 0) is 54.3 Å². The van der Waals surface area contributed by atoms with Crippen LogP contribution in [0.15, 0.2) is 78.9 Å². The van der Waals surface area contributed by atoms with E-state index < -0.39 is 5.82 Å². The van der Waals surface area contributed by atoms with Gasteiger partial charge in [0.15, 0.2) is 0 Å². The average molecular weight is 402 g/mol. The zero-order valence-electron chi connectivity index (χ0n) is 16.6. The summed E-state index contributed by atoms with van der Waals surface area (Å²) in [6.07, 6.45) is 1.35. The van der Waals surface area contributed by atoms with E-state index in [0.717, 1.165) is 11.1 Å². The summed E-state index contributed by atoms with van der Waals surface area (Å²) >= 11 is 0. The van der Waals surface area contributed by atoms with Crippen molar-refractivity contribution < 1.29 is 14.0 Å². The van der Waals surface area contributed by atoms with E-state index in [1.165, 1.54) is 12.1 Å². The normalized spacial score (nSPS) is 14.4. The Balaban J connectivity index is 1.31. The first kappa shape index (κ1) is 19.8. The van der Waals surface area contributed by atoms with Gasteiger partial charge in [-0.1, -0.05) is 48.5 Å². The predicted octanol–water partition coefficient (Wildman–Crippen LogP) is 4.53. The zero-order valence-corrected chi connectivity index (χ0v) is 16.6. The van der Waals surface area contributed by atoms with Gasteiger partial charge in [0.1, 0.15) is 5.82 Å². The van der Waals surface area contributed by atoms with Crippen molar-refractivity contribution in [2.75, 3.05) is 13.1 Å². The number of hydrogen-bond donors (Lipinski definition) is 1. The van der Waals surface area contributed by atoms with Crippen molar-refractivity contribution in [1.82, 2.24) is 10.2 Å². The highest BCUT2D eigenvalue weighted by Gasteiger charge is 2.25. The summed E-state index contributed by atoms with van der Waals surface area (Å²) in [5.74, 6) is -0.693. The van der Waals surface area contributed by atoms with Crippen LogP contribution in [-0.4, -0.2) is 35.8 Å². The number of halogens is 1. The second kappa shape index (κ2) is 8.91. The van der Waals surface area contributed by atoms with Gasteiger partial charge in [-0.3, -0.25) is 9.59 Å². The molecule has 2 amide bonds. The highest BCUT2D eigenvalue weighted by molar-refractivity contribution is 5.95. The number of likely N-dealkylation sites (tertiary alicyclic amines) is 1. The summed E-state index contributed by atoms with van der Waals surface area (Å²) in [7, 11) is 0. The van der Waals surface area contributed by atoms with Crippen molar-refractivity contribution in [1.29, 1.82) is 0 Å². The molecule has 1 N–H and O–H groups in total. The van der Waals surface area contributed by atoms with Crippen molar-refractivity contribution in [3.63, 3.8) is 0 Å². The summed E-state index contributed by atoms with van der Waals surface area (Å²) < 4.78 is 13.4. The third-order valence-corrected chi connectivity index (χ3v) is 5.44. The lowest BCUT2D eigenvalue weighted by atomic mass is 10.0. The van der Waals surface area contributed by atoms with Crippen molar-refractivity contribution in [3.8, 4) is 11.1 Å². The molecule has 1 fully saturated rings. The Labute approximate surface area is 175 Å². The maximum absolute atomic E-state index is 13.4. The molecule has 0 unspecified atom stereocenters. The van der Waals surface area contributed by atoms with Crippen molar-refractivity contribution in [2.45, 2.75) is 18.9 Å². The Morgan fingerprint density at radius 3 is 2.13 bits per heavy atom. The molecule has 1 heterocycles. The lowest BCUT2D eigenvalue weighted by molar-refractivity contribution is 0.0697. The van der Waals surface area contributed by atoms with Crippen LogP contribution >= 0.6 is 0 Å². The molecule has 0 radical (unpaired) electrons. The highest BCUT2D eigenvalue weighted by Crippen LogP contribution is 2.20. The molecule has 5 heteroatoms. The lowest BCUT2D eigenvalue weighted by Gasteiger charge is -2.32. The van der Waals surface area contributed by atoms with E-state index in [9.17, 15) is 14.0 Å². The molecule has 0 bridgehead atoms. The number of benzene rings is 3. The van der Waals surface area contributed by atoms with Gasteiger partial charge >= 0.3 is 0 Å². The topological polar surface area (TPSA) is 49.4 Å². The Kier molecular flexibility index (Phi) is 5.89. The van der Waals surface area contributed by atoms with Crippen LogP contribution < -0.4 is 5.32 Å². The molecule has 0 saturated carbocycles. The SMILES string of the molecule is O=C(NC1CCN(C(=O)c2cccc(F)c2)CC1)c1ccc(-c2ccccc2)cc1. The molecule has 3 aromatic carbocycles. The van der Waals surface area contributed by atoms with Crippen LogP contribution in [0.25, 0.3) is 11.1 Å². The molecular weight excluding hydrogens is 379 g/mol. The number of carbonyl (C=O) groups excluding carboxylic acids is 2. The van der Waals surface area contributed by atoms with E-state index in [0.29, 0.717) is 37.1 Å². The Morgan fingerprint density at radius 1 is 0.800 bits per heavy atom. The minimum atomic E-state index is -0.415. The molecule has 1 saturated heterocycles. The number of carbonyl (C=O) groups is 2. The molecule has 4 rings (SSSR count). The molecule has 1 aliphatic heterocycles. The number of amides is 2. The minimum absolute atomic E-state index is 0.0165. The van der Waals surface area contributed by atoms with E-state index in [-0.39, 0.29) is 17.9 Å². The van der Waals surface area contributed by atoms with Crippen molar-refractivity contribution >= 4 is 11.8 Å². The molecule has 30 heavy (non-hydrogen) atoms. The second-order valence-electron chi connectivity index (χ2n) is 7.49. The summed E-state index contributed by atoms with van der Waals surface area (Å²) in [4.78, 5) is 26.8. The number of rotatable bonds is 4. The van der Waals surface area contributed by atoms with Gasteiger partial charge in [0.05, 0.1) is 0 Å². The highest BCUT2D eigenvalue weighted by atomic mass is 19.1. The van der Waals surface area contributed by atoms with Gasteiger partial charge in [-0.15, -0.1) is 0 Å². The molecular formula is C25H23FN2O2. The molecule has 0 aromatic heterocycles. The summed E-state index contributed by atoms with van der Waals surface area (Å²) in [5.41, 5.74) is 3.15. The Morgan fingerprint density at radius 2 is 1.47 bits per heavy atom. The van der Waals surface area contributed by atoms with Crippen LogP contribution in [0.4, 0.5) is 4.39 Å². The van der Waals surface area contributed by atoms with Crippen LogP contribution in [0.1, 0.15) is 33.6 Å². The van der Waals surface area contributed by atoms with E-state index in [1.807, 2.05) is 54.6 Å². The van der Waals surface area contributed by atoms with Crippen molar-refractivity contribution in [3.05, 3.63) is 95.8 Å². The average Bonchev–Trinajstić information content (AvgIpc) is 2.80. The quantitative estimate of drug-likeness (QED) is 0.697. The molecule has 0 aliphatic carbocycles. The van der Waals surface area contributed by atoms with Crippen LogP contribution in [0, 0.1) is 5.82 Å². The zero-order chi connectivity index (χ0) is 20.9. The maximum atomic E-state index is 13.4. The first-order valence-corrected chi connectivity index (χ1v) is 10.1. The van der Waals surface area contributed by atoms with Gasteiger partial charge < -0.3 is 10.2 Å². The van der Waals surface area contributed by atoms with Crippen LogP contribution in [0.5, 0.6) is 0 Å². The second-order valence-corrected chi connectivity index (χ2v) is 7.49. The van der Waals surface area contributed by atoms with Crippen molar-refractivity contribution in [2.24, 2.45) is 0 Å². The Bertz CT molecular complexity index is 1030. The monoisotopic (exact) mass is 402 g/mol. The first-order valence-electron chi connectivity index (χ1n) is 10.1. The standard InChI is InChI=1S/C25H23FN2O2/c26-22-8-4-7-21(17-22)25(30)28-15-13-23(14-16-28)27-24(29)20-11-9-19(10-12-20)18-5-2-1-3-6-18/h1-12,17,23H,13-16H2,(H,27,29). The molecule has 1 aliphatic rings. The molecule has 0 spiro atoms. The fraction of sp³-hybridized carbons (Fsp3) is 0.200. The molecule has 152 valence electrons. The lowest BCUT2D eigenvalue weighted by Crippen LogP contribution is -2.46. The smallest absolute Gasteiger partial charge is 0.253 e. The van der Waals surface area contributed by atoms with E-state index in [2.05, 4.69) is 5.32 Å². The summed E-state index contributed by atoms with van der Waals surface area (Å²) in [6.45, 7) is 1.07. The fourth-order valence-corrected chi connectivity index (χ4v) is 3.74. The van der Waals surface area contributed by atoms with Gasteiger partial charge in [0.2, 0.25) is 0 Å². The fourth-order valence-electron chi connectivity index (χ4n) is 3.74. The summed E-state index contributed by atoms with van der Waals surface area (Å²) in [6, 6.07) is 23.3. The largest absolute Gasteiger partial charge is 0.349 e. The van der Waals surface area contributed by atoms with Crippen LogP contribution in [-0.2, 0) is 0 Å². The third-order valence-electron chi connectivity index (χ3n) is 5.44. The van der Waals surface area contributed by atoms with Gasteiger partial charge in [-0.25, -0.2) is 4.39 Å².